The second-order valence-corrected chi connectivity index (χ2v) is 6.22. The van der Waals surface area contributed by atoms with Crippen molar-refractivity contribution in [3.8, 4) is 0 Å². The van der Waals surface area contributed by atoms with E-state index in [1.165, 1.54) is 0 Å². The van der Waals surface area contributed by atoms with Crippen molar-refractivity contribution in [2.75, 3.05) is 12.5 Å². The summed E-state index contributed by atoms with van der Waals surface area (Å²) in [5.41, 5.74) is 0. The standard InChI is InChI=1S/C11H20O2S/c1-7(2)9(12)11(14(5)6)10(13)8(3)4/h7-8H,1-6H3. The minimum absolute atomic E-state index is 0.0111. The highest BCUT2D eigenvalue weighted by Crippen LogP contribution is 2.13. The molecule has 2 nitrogen and oxygen atoms in total. The van der Waals surface area contributed by atoms with Crippen LogP contribution in [-0.4, -0.2) is 28.9 Å². The molecule has 0 amide bonds. The Hall–Kier alpha value is -0.440. The Balaban J connectivity index is 5.11. The zero-order chi connectivity index (χ0) is 11.5. The summed E-state index contributed by atoms with van der Waals surface area (Å²) in [6, 6.07) is 0. The van der Waals surface area contributed by atoms with E-state index in [0.717, 1.165) is 0 Å². The van der Waals surface area contributed by atoms with Gasteiger partial charge < -0.3 is 0 Å². The first-order valence-electron chi connectivity index (χ1n) is 4.82. The fourth-order valence-electron chi connectivity index (χ4n) is 1.05. The van der Waals surface area contributed by atoms with Gasteiger partial charge in [-0.05, 0) is 12.5 Å². The van der Waals surface area contributed by atoms with Gasteiger partial charge in [-0.2, -0.15) is 10.5 Å². The average Bonchev–Trinajstić information content (AvgIpc) is 2.03. The second-order valence-electron chi connectivity index (χ2n) is 4.18. The van der Waals surface area contributed by atoms with Gasteiger partial charge in [0, 0.05) is 11.8 Å². The number of ketones is 2. The van der Waals surface area contributed by atoms with Crippen LogP contribution in [0.15, 0.2) is 0 Å². The van der Waals surface area contributed by atoms with Crippen molar-refractivity contribution in [1.82, 2.24) is 0 Å². The molecule has 0 rings (SSSR count). The molecule has 0 aromatic rings. The van der Waals surface area contributed by atoms with Crippen LogP contribution < -0.4 is 0 Å². The van der Waals surface area contributed by atoms with Crippen LogP contribution >= 0.6 is 10.5 Å². The molecule has 0 heterocycles. The summed E-state index contributed by atoms with van der Waals surface area (Å²) < 4.78 is 0. The Morgan fingerprint density at radius 1 is 0.857 bits per heavy atom. The summed E-state index contributed by atoms with van der Waals surface area (Å²) in [5, 5.41) is 0. The first kappa shape index (κ1) is 13.6. The van der Waals surface area contributed by atoms with Crippen LogP contribution in [0.25, 0.3) is 0 Å². The van der Waals surface area contributed by atoms with Gasteiger partial charge >= 0.3 is 0 Å². The van der Waals surface area contributed by atoms with E-state index in [2.05, 4.69) is 0 Å². The lowest BCUT2D eigenvalue weighted by Gasteiger charge is -2.12. The van der Waals surface area contributed by atoms with Crippen LogP contribution in [0.5, 0.6) is 0 Å². The Morgan fingerprint density at radius 3 is 1.29 bits per heavy atom. The van der Waals surface area contributed by atoms with Crippen molar-refractivity contribution >= 4 is 26.9 Å². The number of Topliss-reactive ketones (excluding diaryl/α,β-unsaturated/α-hetero) is 2. The van der Waals surface area contributed by atoms with Crippen molar-refractivity contribution in [2.45, 2.75) is 27.7 Å². The smallest absolute Gasteiger partial charge is 0.174 e. The van der Waals surface area contributed by atoms with E-state index in [1.807, 2.05) is 40.2 Å². The van der Waals surface area contributed by atoms with E-state index >= 15 is 0 Å². The molecule has 3 heteroatoms. The van der Waals surface area contributed by atoms with E-state index in [9.17, 15) is 9.59 Å². The van der Waals surface area contributed by atoms with Crippen molar-refractivity contribution in [3.05, 3.63) is 0 Å². The van der Waals surface area contributed by atoms with Crippen LogP contribution in [-0.2, 0) is 9.59 Å². The topological polar surface area (TPSA) is 34.1 Å². The summed E-state index contributed by atoms with van der Waals surface area (Å²) >= 11 is 0. The molecule has 0 N–H and O–H groups in total. The lowest BCUT2D eigenvalue weighted by Crippen LogP contribution is -2.30. The number of hydrogen-bond acceptors (Lipinski definition) is 2. The molecule has 0 spiro atoms. The predicted octanol–water partition coefficient (Wildman–Crippen LogP) is 2.14. The summed E-state index contributed by atoms with van der Waals surface area (Å²) in [6.07, 6.45) is 3.85. The molecular formula is C11H20O2S. The van der Waals surface area contributed by atoms with Gasteiger partial charge in [-0.1, -0.05) is 27.7 Å². The molecule has 0 aliphatic rings. The molecule has 0 aliphatic carbocycles. The predicted molar refractivity (Wildman–Crippen MR) is 64.1 cm³/mol. The third-order valence-corrected chi connectivity index (χ3v) is 3.12. The van der Waals surface area contributed by atoms with Gasteiger partial charge in [-0.15, -0.1) is 0 Å². The highest BCUT2D eigenvalue weighted by Gasteiger charge is 2.23. The lowest BCUT2D eigenvalue weighted by molar-refractivity contribution is -0.119. The lowest BCUT2D eigenvalue weighted by atomic mass is 9.98. The molecule has 0 atom stereocenters. The maximum absolute atomic E-state index is 11.8. The quantitative estimate of drug-likeness (QED) is 0.533. The van der Waals surface area contributed by atoms with Gasteiger partial charge in [-0.3, -0.25) is 9.59 Å². The van der Waals surface area contributed by atoms with Gasteiger partial charge in [0.05, 0.1) is 4.86 Å². The molecule has 0 aliphatic heterocycles. The summed E-state index contributed by atoms with van der Waals surface area (Å²) in [6.45, 7) is 7.34. The molecule has 0 radical (unpaired) electrons. The fraction of sp³-hybridized carbons (Fsp3) is 0.727. The van der Waals surface area contributed by atoms with E-state index in [-0.39, 0.29) is 33.9 Å². The van der Waals surface area contributed by atoms with Gasteiger partial charge in [0.1, 0.15) is 0 Å². The normalized spacial score (nSPS) is 11.2. The number of carbonyl (C=O) groups is 2. The molecule has 14 heavy (non-hydrogen) atoms. The molecular weight excluding hydrogens is 196 g/mol. The Morgan fingerprint density at radius 2 is 1.14 bits per heavy atom. The van der Waals surface area contributed by atoms with E-state index < -0.39 is 0 Å². The highest BCUT2D eigenvalue weighted by molar-refractivity contribution is 8.16. The van der Waals surface area contributed by atoms with Gasteiger partial charge in [0.25, 0.3) is 0 Å². The molecule has 0 saturated heterocycles. The van der Waals surface area contributed by atoms with Crippen LogP contribution in [0, 0.1) is 11.8 Å². The third-order valence-electron chi connectivity index (χ3n) is 1.90. The van der Waals surface area contributed by atoms with Gasteiger partial charge in [0.2, 0.25) is 0 Å². The van der Waals surface area contributed by atoms with Gasteiger partial charge in [-0.25, -0.2) is 0 Å². The molecule has 0 bridgehead atoms. The number of hydrogen-bond donors (Lipinski definition) is 0. The molecule has 0 unspecified atom stereocenters. The highest BCUT2D eigenvalue weighted by atomic mass is 32.2. The summed E-state index contributed by atoms with van der Waals surface area (Å²) in [4.78, 5) is 24.1. The zero-order valence-electron chi connectivity index (χ0n) is 9.88. The second kappa shape index (κ2) is 5.44. The van der Waals surface area contributed by atoms with E-state index in [4.69, 9.17) is 0 Å². The Bertz CT molecular complexity index is 249. The molecule has 0 aromatic carbocycles. The zero-order valence-corrected chi connectivity index (χ0v) is 10.7. The van der Waals surface area contributed by atoms with Crippen molar-refractivity contribution in [2.24, 2.45) is 11.8 Å². The van der Waals surface area contributed by atoms with E-state index in [0.29, 0.717) is 4.86 Å². The number of carbonyl (C=O) groups excluding carboxylic acids is 2. The summed E-state index contributed by atoms with van der Waals surface area (Å²) in [5.74, 6) is -0.140. The fourth-order valence-corrected chi connectivity index (χ4v) is 2.32. The third kappa shape index (κ3) is 3.37. The van der Waals surface area contributed by atoms with Crippen molar-refractivity contribution in [3.63, 3.8) is 0 Å². The van der Waals surface area contributed by atoms with Crippen LogP contribution in [0.1, 0.15) is 27.7 Å². The SMILES string of the molecule is CC(C)C(=O)C(C(=O)C(C)C)=S(C)C. The first-order chi connectivity index (χ1) is 6.29. The minimum Gasteiger partial charge on any atom is -0.293 e. The average molecular weight is 216 g/mol. The van der Waals surface area contributed by atoms with Crippen LogP contribution in [0.4, 0.5) is 0 Å². The van der Waals surface area contributed by atoms with Crippen molar-refractivity contribution < 1.29 is 9.59 Å². The van der Waals surface area contributed by atoms with Crippen LogP contribution in [0.2, 0.25) is 0 Å². The first-order valence-corrected chi connectivity index (χ1v) is 6.86. The monoisotopic (exact) mass is 216 g/mol. The Labute approximate surface area is 89.0 Å². The Kier molecular flexibility index (Phi) is 5.27. The van der Waals surface area contributed by atoms with Gasteiger partial charge in [0.15, 0.2) is 11.6 Å². The van der Waals surface area contributed by atoms with Crippen molar-refractivity contribution in [1.29, 1.82) is 0 Å². The molecule has 0 aromatic heterocycles. The maximum Gasteiger partial charge on any atom is 0.174 e. The van der Waals surface area contributed by atoms with Crippen LogP contribution in [0.3, 0.4) is 0 Å². The molecule has 0 saturated carbocycles. The molecule has 0 fully saturated rings. The molecule has 82 valence electrons. The largest absolute Gasteiger partial charge is 0.293 e. The van der Waals surface area contributed by atoms with E-state index in [1.54, 1.807) is 0 Å². The maximum atomic E-state index is 11.8. The number of rotatable bonds is 4. The minimum atomic E-state index is -0.237. The summed E-state index contributed by atoms with van der Waals surface area (Å²) in [7, 11) is -0.237.